The van der Waals surface area contributed by atoms with E-state index in [0.29, 0.717) is 32.8 Å². The molecule has 0 bridgehead atoms. The molecule has 0 unspecified atom stereocenters. The normalized spacial score (nSPS) is 25.8. The predicted octanol–water partition coefficient (Wildman–Crippen LogP) is -0.218. The summed E-state index contributed by atoms with van der Waals surface area (Å²) in [7, 11) is 1.49. The minimum Gasteiger partial charge on any atom is -0.380 e. The standard InChI is InChI=1S/C20H23N5O4/c1-23-19(28)21-16(22-23)17(26)25-9-15-10-29-12-20(15,11-25)18(27)24-7-6-13-4-2-3-5-14(13)8-24/h2-5,15H,6-12H2,1H3,(H,21,22,28)/t15-,20-/m0/s1. The predicted molar refractivity (Wildman–Crippen MR) is 102 cm³/mol. The average Bonchev–Trinajstić information content (AvgIpc) is 3.39. The number of nitrogens with zero attached hydrogens (tertiary/aromatic N) is 4. The minimum absolute atomic E-state index is 0.00731. The van der Waals surface area contributed by atoms with E-state index in [2.05, 4.69) is 22.2 Å². The van der Waals surface area contributed by atoms with Crippen LogP contribution in [0.25, 0.3) is 0 Å². The van der Waals surface area contributed by atoms with Gasteiger partial charge in [0.1, 0.15) is 0 Å². The average molecular weight is 397 g/mol. The second-order valence-corrected chi connectivity index (χ2v) is 8.20. The number of benzene rings is 1. The lowest BCUT2D eigenvalue weighted by atomic mass is 9.79. The number of likely N-dealkylation sites (tertiary alicyclic amines) is 1. The van der Waals surface area contributed by atoms with Crippen molar-refractivity contribution in [1.29, 1.82) is 0 Å². The molecular weight excluding hydrogens is 374 g/mol. The van der Waals surface area contributed by atoms with Gasteiger partial charge in [0.15, 0.2) is 0 Å². The van der Waals surface area contributed by atoms with Crippen molar-refractivity contribution in [2.24, 2.45) is 18.4 Å². The first-order chi connectivity index (χ1) is 14.0. The first-order valence-electron chi connectivity index (χ1n) is 9.84. The Morgan fingerprint density at radius 2 is 2.03 bits per heavy atom. The summed E-state index contributed by atoms with van der Waals surface area (Å²) in [6, 6.07) is 8.20. The number of nitrogens with one attached hydrogen (secondary N) is 1. The number of carbonyl (C=O) groups excluding carboxylic acids is 2. The minimum atomic E-state index is -0.725. The highest BCUT2D eigenvalue weighted by Crippen LogP contribution is 2.43. The van der Waals surface area contributed by atoms with Crippen LogP contribution in [0.1, 0.15) is 21.7 Å². The van der Waals surface area contributed by atoms with Crippen LogP contribution in [0.2, 0.25) is 0 Å². The fourth-order valence-corrected chi connectivity index (χ4v) is 4.83. The van der Waals surface area contributed by atoms with E-state index in [0.717, 1.165) is 11.1 Å². The molecule has 1 N–H and O–H groups in total. The number of aryl methyl sites for hydroxylation is 1. The summed E-state index contributed by atoms with van der Waals surface area (Å²) in [5.74, 6) is -0.341. The van der Waals surface area contributed by atoms with Crippen LogP contribution in [0.15, 0.2) is 29.1 Å². The lowest BCUT2D eigenvalue weighted by Gasteiger charge is -2.36. The molecule has 3 aliphatic rings. The fourth-order valence-electron chi connectivity index (χ4n) is 4.83. The van der Waals surface area contributed by atoms with Crippen LogP contribution < -0.4 is 5.69 Å². The quantitative estimate of drug-likeness (QED) is 0.755. The summed E-state index contributed by atoms with van der Waals surface area (Å²) >= 11 is 0. The molecule has 3 aliphatic heterocycles. The molecule has 2 atom stereocenters. The molecule has 0 spiro atoms. The van der Waals surface area contributed by atoms with Crippen molar-refractivity contribution < 1.29 is 14.3 Å². The van der Waals surface area contributed by atoms with E-state index in [-0.39, 0.29) is 30.1 Å². The highest BCUT2D eigenvalue weighted by atomic mass is 16.5. The van der Waals surface area contributed by atoms with Gasteiger partial charge in [-0.05, 0) is 17.5 Å². The Morgan fingerprint density at radius 1 is 1.24 bits per heavy atom. The van der Waals surface area contributed by atoms with Gasteiger partial charge < -0.3 is 14.5 Å². The second-order valence-electron chi connectivity index (χ2n) is 8.20. The van der Waals surface area contributed by atoms with Crippen molar-refractivity contribution in [2.75, 3.05) is 32.8 Å². The molecule has 2 fully saturated rings. The van der Waals surface area contributed by atoms with Gasteiger partial charge in [-0.25, -0.2) is 9.48 Å². The Bertz CT molecular complexity index is 1040. The lowest BCUT2D eigenvalue weighted by Crippen LogP contribution is -2.50. The Morgan fingerprint density at radius 3 is 2.79 bits per heavy atom. The number of fused-ring (bicyclic) bond motifs is 2. The van der Waals surface area contributed by atoms with E-state index >= 15 is 0 Å². The number of aromatic nitrogens is 3. The number of H-pyrrole nitrogens is 1. The van der Waals surface area contributed by atoms with Gasteiger partial charge in [-0.2, -0.15) is 0 Å². The SMILES string of the molecule is Cn1nc(C(=O)N2C[C@H]3COC[C@@]3(C(=O)N3CCc4ccccc4C3)C2)[nH]c1=O. The number of amides is 2. The largest absolute Gasteiger partial charge is 0.380 e. The zero-order valence-electron chi connectivity index (χ0n) is 16.3. The van der Waals surface area contributed by atoms with Crippen molar-refractivity contribution in [3.63, 3.8) is 0 Å². The summed E-state index contributed by atoms with van der Waals surface area (Å²) in [6.45, 7) is 2.74. The van der Waals surface area contributed by atoms with Crippen LogP contribution in [-0.4, -0.2) is 69.2 Å². The highest BCUT2D eigenvalue weighted by molar-refractivity contribution is 5.92. The molecule has 2 saturated heterocycles. The maximum absolute atomic E-state index is 13.6. The highest BCUT2D eigenvalue weighted by Gasteiger charge is 2.58. The third-order valence-electron chi connectivity index (χ3n) is 6.48. The van der Waals surface area contributed by atoms with Crippen LogP contribution in [0, 0.1) is 11.3 Å². The van der Waals surface area contributed by atoms with Crippen LogP contribution in [0.5, 0.6) is 0 Å². The van der Waals surface area contributed by atoms with E-state index in [1.54, 1.807) is 4.90 Å². The van der Waals surface area contributed by atoms with Gasteiger partial charge in [-0.1, -0.05) is 24.3 Å². The van der Waals surface area contributed by atoms with Crippen molar-refractivity contribution in [3.8, 4) is 0 Å². The van der Waals surface area contributed by atoms with Gasteiger partial charge in [-0.15, -0.1) is 5.10 Å². The third-order valence-corrected chi connectivity index (χ3v) is 6.48. The smallest absolute Gasteiger partial charge is 0.343 e. The number of ether oxygens (including phenoxy) is 1. The van der Waals surface area contributed by atoms with Gasteiger partial charge in [0.2, 0.25) is 11.7 Å². The second kappa shape index (κ2) is 6.55. The van der Waals surface area contributed by atoms with Crippen molar-refractivity contribution in [2.45, 2.75) is 13.0 Å². The van der Waals surface area contributed by atoms with Gasteiger partial charge >= 0.3 is 5.69 Å². The Balaban J connectivity index is 1.38. The van der Waals surface area contributed by atoms with E-state index < -0.39 is 11.1 Å². The van der Waals surface area contributed by atoms with E-state index in [9.17, 15) is 14.4 Å². The summed E-state index contributed by atoms with van der Waals surface area (Å²) in [4.78, 5) is 44.1. The summed E-state index contributed by atoms with van der Waals surface area (Å²) in [5, 5.41) is 3.96. The molecule has 9 nitrogen and oxygen atoms in total. The van der Waals surface area contributed by atoms with Gasteiger partial charge in [0.05, 0.1) is 18.6 Å². The van der Waals surface area contributed by atoms with E-state index in [1.165, 1.54) is 18.2 Å². The number of hydrogen-bond acceptors (Lipinski definition) is 5. The first-order valence-corrected chi connectivity index (χ1v) is 9.84. The number of carbonyl (C=O) groups is 2. The lowest BCUT2D eigenvalue weighted by molar-refractivity contribution is -0.143. The fraction of sp³-hybridized carbons (Fsp3) is 0.500. The molecule has 0 saturated carbocycles. The molecule has 5 rings (SSSR count). The van der Waals surface area contributed by atoms with E-state index in [4.69, 9.17) is 4.74 Å². The topological polar surface area (TPSA) is 101 Å². The van der Waals surface area contributed by atoms with Crippen molar-refractivity contribution in [1.82, 2.24) is 24.6 Å². The molecule has 1 aromatic carbocycles. The Labute approximate surface area is 167 Å². The number of aromatic amines is 1. The van der Waals surface area contributed by atoms with Crippen molar-refractivity contribution >= 4 is 11.8 Å². The molecule has 2 aromatic rings. The Hall–Kier alpha value is -2.94. The molecular formula is C20H23N5O4. The third kappa shape index (κ3) is 2.79. The number of hydrogen-bond donors (Lipinski definition) is 1. The molecule has 152 valence electrons. The van der Waals surface area contributed by atoms with Gasteiger partial charge in [-0.3, -0.25) is 14.6 Å². The Kier molecular flexibility index (Phi) is 4.09. The van der Waals surface area contributed by atoms with Crippen LogP contribution in [0.4, 0.5) is 0 Å². The number of rotatable bonds is 2. The summed E-state index contributed by atoms with van der Waals surface area (Å²) < 4.78 is 6.79. The molecule has 2 amide bonds. The molecule has 4 heterocycles. The maximum atomic E-state index is 13.6. The molecule has 29 heavy (non-hydrogen) atoms. The van der Waals surface area contributed by atoms with Crippen LogP contribution >= 0.6 is 0 Å². The molecule has 0 aliphatic carbocycles. The summed E-state index contributed by atoms with van der Waals surface area (Å²) in [6.07, 6.45) is 0.835. The van der Waals surface area contributed by atoms with Crippen molar-refractivity contribution in [3.05, 3.63) is 51.7 Å². The van der Waals surface area contributed by atoms with Gasteiger partial charge in [0.25, 0.3) is 5.91 Å². The molecule has 9 heteroatoms. The molecule has 0 radical (unpaired) electrons. The first kappa shape index (κ1) is 18.1. The maximum Gasteiger partial charge on any atom is 0.343 e. The van der Waals surface area contributed by atoms with Gasteiger partial charge in [0, 0.05) is 39.1 Å². The molecule has 1 aromatic heterocycles. The van der Waals surface area contributed by atoms with E-state index in [1.807, 2.05) is 17.0 Å². The summed E-state index contributed by atoms with van der Waals surface area (Å²) in [5.41, 5.74) is 1.30. The monoisotopic (exact) mass is 397 g/mol. The van der Waals surface area contributed by atoms with Crippen LogP contribution in [0.3, 0.4) is 0 Å². The zero-order valence-corrected chi connectivity index (χ0v) is 16.3. The van der Waals surface area contributed by atoms with Crippen LogP contribution in [-0.2, 0) is 29.5 Å². The zero-order chi connectivity index (χ0) is 20.2.